The normalized spacial score (nSPS) is 14.1. The monoisotopic (exact) mass is 146 g/mol. The second-order valence-corrected chi connectivity index (χ2v) is 2.99. The van der Waals surface area contributed by atoms with Crippen LogP contribution in [0.15, 0.2) is 0 Å². The Hall–Kier alpha value is -0.0800. The van der Waals surface area contributed by atoms with Crippen molar-refractivity contribution in [1.82, 2.24) is 0 Å². The summed E-state index contributed by atoms with van der Waals surface area (Å²) in [5.41, 5.74) is 0. The summed E-state index contributed by atoms with van der Waals surface area (Å²) < 4.78 is 0. The second-order valence-electron chi connectivity index (χ2n) is 2.99. The first-order chi connectivity index (χ1) is 4.66. The lowest BCUT2D eigenvalue weighted by Gasteiger charge is -2.10. The third-order valence-corrected chi connectivity index (χ3v) is 1.21. The van der Waals surface area contributed by atoms with Crippen LogP contribution in [-0.2, 0) is 9.78 Å². The average molecular weight is 146 g/mol. The summed E-state index contributed by atoms with van der Waals surface area (Å²) in [7, 11) is 0. The zero-order valence-corrected chi connectivity index (χ0v) is 7.39. The van der Waals surface area contributed by atoms with Crippen molar-refractivity contribution in [3.8, 4) is 0 Å². The van der Waals surface area contributed by atoms with Gasteiger partial charge in [0.1, 0.15) is 0 Å². The minimum Gasteiger partial charge on any atom is -0.236 e. The molecule has 0 bridgehead atoms. The first kappa shape index (κ1) is 9.92. The summed E-state index contributed by atoms with van der Waals surface area (Å²) in [6.07, 6.45) is 1.22. The molecule has 0 heterocycles. The van der Waals surface area contributed by atoms with E-state index in [0.29, 0.717) is 12.5 Å². The van der Waals surface area contributed by atoms with Crippen molar-refractivity contribution in [2.75, 3.05) is 6.61 Å². The van der Waals surface area contributed by atoms with Crippen LogP contribution in [0.2, 0.25) is 0 Å². The van der Waals surface area contributed by atoms with E-state index in [4.69, 9.17) is 9.78 Å². The van der Waals surface area contributed by atoms with Crippen LogP contribution in [0.5, 0.6) is 0 Å². The van der Waals surface area contributed by atoms with E-state index in [-0.39, 0.29) is 6.10 Å². The molecular weight excluding hydrogens is 128 g/mol. The first-order valence-corrected chi connectivity index (χ1v) is 3.95. The Kier molecular flexibility index (Phi) is 5.64. The van der Waals surface area contributed by atoms with Gasteiger partial charge in [0, 0.05) is 0 Å². The Morgan fingerprint density at radius 1 is 1.20 bits per heavy atom. The maximum atomic E-state index is 5.00. The Labute approximate surface area is 63.5 Å². The largest absolute Gasteiger partial charge is 0.236 e. The van der Waals surface area contributed by atoms with E-state index in [1.54, 1.807) is 0 Å². The van der Waals surface area contributed by atoms with Crippen LogP contribution in [0.1, 0.15) is 34.1 Å². The summed E-state index contributed by atoms with van der Waals surface area (Å²) in [6, 6.07) is 0. The first-order valence-electron chi connectivity index (χ1n) is 3.95. The Morgan fingerprint density at radius 2 is 1.80 bits per heavy atom. The highest BCUT2D eigenvalue weighted by atomic mass is 17.2. The third kappa shape index (κ3) is 6.05. The molecule has 0 aromatic rings. The van der Waals surface area contributed by atoms with E-state index in [1.807, 2.05) is 6.92 Å². The summed E-state index contributed by atoms with van der Waals surface area (Å²) in [6.45, 7) is 8.95. The molecule has 0 rings (SSSR count). The molecule has 0 aliphatic rings. The minimum atomic E-state index is 0.221. The van der Waals surface area contributed by atoms with Crippen molar-refractivity contribution < 1.29 is 9.78 Å². The molecule has 1 unspecified atom stereocenters. The van der Waals surface area contributed by atoms with E-state index >= 15 is 0 Å². The number of hydrogen-bond donors (Lipinski definition) is 0. The van der Waals surface area contributed by atoms with E-state index in [2.05, 4.69) is 20.8 Å². The number of hydrogen-bond acceptors (Lipinski definition) is 2. The molecule has 0 radical (unpaired) electrons. The fraction of sp³-hybridized carbons (Fsp3) is 1.00. The van der Waals surface area contributed by atoms with Gasteiger partial charge in [-0.2, -0.15) is 0 Å². The summed E-state index contributed by atoms with van der Waals surface area (Å²) in [5, 5.41) is 0. The predicted octanol–water partition coefficient (Wildman–Crippen LogP) is 2.39. The van der Waals surface area contributed by atoms with Crippen molar-refractivity contribution in [2.24, 2.45) is 5.92 Å². The molecule has 2 nitrogen and oxygen atoms in total. The summed E-state index contributed by atoms with van der Waals surface area (Å²) in [4.78, 5) is 9.95. The van der Waals surface area contributed by atoms with Crippen LogP contribution in [-0.4, -0.2) is 12.7 Å². The SMILES string of the molecule is CCC(C)OOCC(C)C. The van der Waals surface area contributed by atoms with E-state index in [1.165, 1.54) is 0 Å². The van der Waals surface area contributed by atoms with Gasteiger partial charge in [0.15, 0.2) is 0 Å². The standard InChI is InChI=1S/C8H18O2/c1-5-8(4)10-9-6-7(2)3/h7-8H,5-6H2,1-4H3. The van der Waals surface area contributed by atoms with Gasteiger partial charge in [0.2, 0.25) is 0 Å². The predicted molar refractivity (Wildman–Crippen MR) is 41.6 cm³/mol. The minimum absolute atomic E-state index is 0.221. The van der Waals surface area contributed by atoms with Gasteiger partial charge in [-0.1, -0.05) is 20.8 Å². The van der Waals surface area contributed by atoms with Crippen LogP contribution in [0.25, 0.3) is 0 Å². The van der Waals surface area contributed by atoms with Crippen LogP contribution in [0.3, 0.4) is 0 Å². The van der Waals surface area contributed by atoms with Crippen molar-refractivity contribution >= 4 is 0 Å². The van der Waals surface area contributed by atoms with Gasteiger partial charge >= 0.3 is 0 Å². The lowest BCUT2D eigenvalue weighted by Crippen LogP contribution is -2.10. The molecule has 0 aliphatic heterocycles. The molecule has 0 saturated heterocycles. The molecule has 0 fully saturated rings. The topological polar surface area (TPSA) is 18.5 Å². The zero-order chi connectivity index (χ0) is 7.98. The molecule has 0 aromatic heterocycles. The highest BCUT2D eigenvalue weighted by molar-refractivity contribution is 4.39. The maximum Gasteiger partial charge on any atom is 0.0899 e. The maximum absolute atomic E-state index is 5.00. The summed E-state index contributed by atoms with van der Waals surface area (Å²) in [5.74, 6) is 0.545. The molecule has 0 spiro atoms. The molecular formula is C8H18O2. The van der Waals surface area contributed by atoms with Crippen molar-refractivity contribution in [1.29, 1.82) is 0 Å². The molecule has 62 valence electrons. The Balaban J connectivity index is 3.03. The Bertz CT molecular complexity index is 71.7. The Morgan fingerprint density at radius 3 is 2.20 bits per heavy atom. The van der Waals surface area contributed by atoms with Crippen molar-refractivity contribution in [3.63, 3.8) is 0 Å². The average Bonchev–Trinajstić information content (AvgIpc) is 1.87. The van der Waals surface area contributed by atoms with Crippen LogP contribution >= 0.6 is 0 Å². The lowest BCUT2D eigenvalue weighted by molar-refractivity contribution is -0.325. The van der Waals surface area contributed by atoms with E-state index < -0.39 is 0 Å². The molecule has 0 aromatic carbocycles. The van der Waals surface area contributed by atoms with Crippen molar-refractivity contribution in [3.05, 3.63) is 0 Å². The lowest BCUT2D eigenvalue weighted by atomic mass is 10.2. The van der Waals surface area contributed by atoms with Gasteiger partial charge in [-0.25, -0.2) is 9.78 Å². The van der Waals surface area contributed by atoms with Gasteiger partial charge < -0.3 is 0 Å². The third-order valence-electron chi connectivity index (χ3n) is 1.21. The second kappa shape index (κ2) is 5.69. The molecule has 2 heteroatoms. The molecule has 0 N–H and O–H groups in total. The fourth-order valence-corrected chi connectivity index (χ4v) is 0.360. The number of rotatable bonds is 5. The van der Waals surface area contributed by atoms with Gasteiger partial charge in [-0.3, -0.25) is 0 Å². The fourth-order valence-electron chi connectivity index (χ4n) is 0.360. The molecule has 1 atom stereocenters. The molecule has 0 saturated carbocycles. The van der Waals surface area contributed by atoms with E-state index in [9.17, 15) is 0 Å². The van der Waals surface area contributed by atoms with Crippen LogP contribution in [0, 0.1) is 5.92 Å². The molecule has 0 amide bonds. The zero-order valence-electron chi connectivity index (χ0n) is 7.39. The highest BCUT2D eigenvalue weighted by Gasteiger charge is 1.99. The van der Waals surface area contributed by atoms with Gasteiger partial charge in [0.05, 0.1) is 12.7 Å². The highest BCUT2D eigenvalue weighted by Crippen LogP contribution is 1.99. The van der Waals surface area contributed by atoms with Crippen molar-refractivity contribution in [2.45, 2.75) is 40.2 Å². The van der Waals surface area contributed by atoms with Crippen LogP contribution in [0.4, 0.5) is 0 Å². The quantitative estimate of drug-likeness (QED) is 0.438. The van der Waals surface area contributed by atoms with Gasteiger partial charge in [-0.05, 0) is 19.3 Å². The van der Waals surface area contributed by atoms with Gasteiger partial charge in [-0.15, -0.1) is 0 Å². The van der Waals surface area contributed by atoms with Crippen LogP contribution < -0.4 is 0 Å². The summed E-state index contributed by atoms with van der Waals surface area (Å²) >= 11 is 0. The van der Waals surface area contributed by atoms with Gasteiger partial charge in [0.25, 0.3) is 0 Å². The van der Waals surface area contributed by atoms with E-state index in [0.717, 1.165) is 6.42 Å². The smallest absolute Gasteiger partial charge is 0.0899 e. The molecule has 10 heavy (non-hydrogen) atoms. The molecule has 0 aliphatic carbocycles.